The van der Waals surface area contributed by atoms with Crippen LogP contribution in [0, 0.1) is 5.82 Å². The van der Waals surface area contributed by atoms with Gasteiger partial charge in [0.15, 0.2) is 0 Å². The number of carbonyl (C=O) groups excluding carboxylic acids is 1. The summed E-state index contributed by atoms with van der Waals surface area (Å²) in [5.41, 5.74) is 2.40. The van der Waals surface area contributed by atoms with Crippen LogP contribution in [0.15, 0.2) is 52.9 Å². The second kappa shape index (κ2) is 9.57. The fourth-order valence-electron chi connectivity index (χ4n) is 4.19. The number of hydrogen-bond donors (Lipinski definition) is 1. The van der Waals surface area contributed by atoms with Crippen molar-refractivity contribution in [2.75, 3.05) is 27.3 Å². The number of nitrogens with one attached hydrogen (secondary N) is 1. The highest BCUT2D eigenvalue weighted by Crippen LogP contribution is 2.33. The Morgan fingerprint density at radius 1 is 1.06 bits per heavy atom. The topological polar surface area (TPSA) is 106 Å². The molecule has 1 fully saturated rings. The van der Waals surface area contributed by atoms with Crippen molar-refractivity contribution < 1.29 is 23.1 Å². The molecule has 1 amide bonds. The van der Waals surface area contributed by atoms with Gasteiger partial charge in [-0.25, -0.2) is 4.39 Å². The fraction of sp³-hybridized carbons (Fsp3) is 0.280. The number of H-pyrrole nitrogens is 1. The second-order valence-electron chi connectivity index (χ2n) is 8.25. The summed E-state index contributed by atoms with van der Waals surface area (Å²) in [6, 6.07) is 13.1. The van der Waals surface area contributed by atoms with E-state index >= 15 is 0 Å². The molecule has 4 aromatic rings. The van der Waals surface area contributed by atoms with Gasteiger partial charge in [-0.15, -0.1) is 10.2 Å². The molecule has 0 atom stereocenters. The molecular formula is C25H24FN5O4. The van der Waals surface area contributed by atoms with Crippen molar-refractivity contribution in [2.24, 2.45) is 0 Å². The Labute approximate surface area is 200 Å². The number of methoxy groups -OCH3 is 2. The number of nitrogens with zero attached hydrogens (tertiary/aromatic N) is 4. The normalized spacial score (nSPS) is 14.2. The van der Waals surface area contributed by atoms with Crippen LogP contribution in [0.1, 0.15) is 35.1 Å². The predicted octanol–water partition coefficient (Wildman–Crippen LogP) is 4.30. The second-order valence-corrected chi connectivity index (χ2v) is 8.25. The highest BCUT2D eigenvalue weighted by atomic mass is 19.1. The molecular weight excluding hydrogens is 453 g/mol. The van der Waals surface area contributed by atoms with Crippen LogP contribution in [0.3, 0.4) is 0 Å². The summed E-state index contributed by atoms with van der Waals surface area (Å²) in [5, 5.41) is 15.5. The number of benzene rings is 2. The highest BCUT2D eigenvalue weighted by Gasteiger charge is 2.29. The molecule has 0 unspecified atom stereocenters. The van der Waals surface area contributed by atoms with Gasteiger partial charge < -0.3 is 18.8 Å². The maximum absolute atomic E-state index is 13.2. The van der Waals surface area contributed by atoms with Crippen LogP contribution in [0.25, 0.3) is 22.7 Å². The van der Waals surface area contributed by atoms with Crippen LogP contribution < -0.4 is 9.47 Å². The van der Waals surface area contributed by atoms with Gasteiger partial charge in [0.2, 0.25) is 11.8 Å². The van der Waals surface area contributed by atoms with Crippen molar-refractivity contribution in [2.45, 2.75) is 18.8 Å². The van der Waals surface area contributed by atoms with Crippen LogP contribution in [0.5, 0.6) is 11.5 Å². The number of rotatable bonds is 6. The van der Waals surface area contributed by atoms with Crippen molar-refractivity contribution in [3.63, 3.8) is 0 Å². The number of likely N-dealkylation sites (tertiary alicyclic amines) is 1. The van der Waals surface area contributed by atoms with E-state index in [0.717, 1.165) is 5.56 Å². The molecule has 35 heavy (non-hydrogen) atoms. The Balaban J connectivity index is 1.24. The molecule has 0 spiro atoms. The van der Waals surface area contributed by atoms with E-state index in [2.05, 4.69) is 20.4 Å². The van der Waals surface area contributed by atoms with E-state index in [1.54, 1.807) is 49.5 Å². The zero-order valence-electron chi connectivity index (χ0n) is 19.3. The van der Waals surface area contributed by atoms with E-state index < -0.39 is 0 Å². The lowest BCUT2D eigenvalue weighted by molar-refractivity contribution is 0.0700. The predicted molar refractivity (Wildman–Crippen MR) is 125 cm³/mol. The van der Waals surface area contributed by atoms with E-state index in [9.17, 15) is 9.18 Å². The monoisotopic (exact) mass is 477 g/mol. The maximum Gasteiger partial charge on any atom is 0.271 e. The lowest BCUT2D eigenvalue weighted by Crippen LogP contribution is -2.38. The van der Waals surface area contributed by atoms with Crippen LogP contribution in [0.2, 0.25) is 0 Å². The number of hydrogen-bond acceptors (Lipinski definition) is 7. The van der Waals surface area contributed by atoms with Gasteiger partial charge in [-0.05, 0) is 61.4 Å². The first-order chi connectivity index (χ1) is 17.1. The van der Waals surface area contributed by atoms with Gasteiger partial charge >= 0.3 is 0 Å². The molecule has 10 heteroatoms. The minimum absolute atomic E-state index is 0.0547. The largest absolute Gasteiger partial charge is 0.497 e. The Kier molecular flexibility index (Phi) is 6.17. The zero-order valence-corrected chi connectivity index (χ0v) is 19.3. The Bertz CT molecular complexity index is 1330. The first kappa shape index (κ1) is 22.6. The Hall–Kier alpha value is -4.21. The Morgan fingerprint density at radius 2 is 1.83 bits per heavy atom. The number of amides is 1. The van der Waals surface area contributed by atoms with E-state index in [1.807, 2.05) is 6.07 Å². The van der Waals surface area contributed by atoms with Gasteiger partial charge in [0, 0.05) is 30.1 Å². The van der Waals surface area contributed by atoms with Gasteiger partial charge in [0.25, 0.3) is 5.91 Å². The van der Waals surface area contributed by atoms with Crippen molar-refractivity contribution in [1.29, 1.82) is 0 Å². The molecule has 1 aliphatic heterocycles. The third kappa shape index (κ3) is 4.59. The lowest BCUT2D eigenvalue weighted by atomic mass is 9.96. The molecule has 0 bridgehead atoms. The Morgan fingerprint density at radius 3 is 2.54 bits per heavy atom. The van der Waals surface area contributed by atoms with Crippen molar-refractivity contribution in [3.8, 4) is 34.2 Å². The number of aromatic nitrogens is 4. The standard InChI is InChI=1S/C25H24FN5O4/c1-33-18-7-8-22(34-2)19(13-18)20-14-21(28-27-20)25(32)31-11-9-16(10-12-31)24-30-29-23(35-24)15-3-5-17(26)6-4-15/h3-8,13-14,16H,9-12H2,1-2H3,(H,27,28). The number of aromatic amines is 1. The van der Waals surface area contributed by atoms with Crippen molar-refractivity contribution in [3.05, 3.63) is 65.9 Å². The minimum atomic E-state index is -0.322. The average molecular weight is 477 g/mol. The highest BCUT2D eigenvalue weighted by molar-refractivity contribution is 5.93. The molecule has 180 valence electrons. The van der Waals surface area contributed by atoms with Crippen LogP contribution in [0.4, 0.5) is 4.39 Å². The molecule has 0 radical (unpaired) electrons. The summed E-state index contributed by atoms with van der Waals surface area (Å²) in [6.45, 7) is 1.10. The average Bonchev–Trinajstić information content (AvgIpc) is 3.59. The third-order valence-electron chi connectivity index (χ3n) is 6.15. The molecule has 1 N–H and O–H groups in total. The number of carbonyl (C=O) groups is 1. The van der Waals surface area contributed by atoms with E-state index in [0.29, 0.717) is 66.2 Å². The van der Waals surface area contributed by atoms with Gasteiger partial charge in [-0.3, -0.25) is 9.89 Å². The third-order valence-corrected chi connectivity index (χ3v) is 6.15. The van der Waals surface area contributed by atoms with Gasteiger partial charge in [-0.2, -0.15) is 5.10 Å². The molecule has 1 aliphatic rings. The van der Waals surface area contributed by atoms with Gasteiger partial charge in [0.1, 0.15) is 23.0 Å². The maximum atomic E-state index is 13.2. The van der Waals surface area contributed by atoms with Crippen LogP contribution in [-0.4, -0.2) is 58.5 Å². The quantitative estimate of drug-likeness (QED) is 0.441. The van der Waals surface area contributed by atoms with Gasteiger partial charge in [0.05, 0.1) is 19.9 Å². The summed E-state index contributed by atoms with van der Waals surface area (Å²) < 4.78 is 29.7. The van der Waals surface area contributed by atoms with Crippen molar-refractivity contribution >= 4 is 5.91 Å². The summed E-state index contributed by atoms with van der Waals surface area (Å²) in [5.74, 6) is 1.80. The molecule has 0 saturated carbocycles. The van der Waals surface area contributed by atoms with E-state index in [1.165, 1.54) is 12.1 Å². The summed E-state index contributed by atoms with van der Waals surface area (Å²) in [4.78, 5) is 14.9. The van der Waals surface area contributed by atoms with E-state index in [-0.39, 0.29) is 17.6 Å². The smallest absolute Gasteiger partial charge is 0.271 e. The molecule has 2 aromatic carbocycles. The molecule has 0 aliphatic carbocycles. The molecule has 5 rings (SSSR count). The lowest BCUT2D eigenvalue weighted by Gasteiger charge is -2.30. The summed E-state index contributed by atoms with van der Waals surface area (Å²) in [7, 11) is 3.17. The van der Waals surface area contributed by atoms with Crippen molar-refractivity contribution in [1.82, 2.24) is 25.3 Å². The molecule has 2 aromatic heterocycles. The van der Waals surface area contributed by atoms with Crippen LogP contribution >= 0.6 is 0 Å². The summed E-state index contributed by atoms with van der Waals surface area (Å²) >= 11 is 0. The molecule has 3 heterocycles. The first-order valence-electron chi connectivity index (χ1n) is 11.2. The van der Waals surface area contributed by atoms with Gasteiger partial charge in [-0.1, -0.05) is 0 Å². The first-order valence-corrected chi connectivity index (χ1v) is 11.2. The number of halogens is 1. The molecule has 1 saturated heterocycles. The fourth-order valence-corrected chi connectivity index (χ4v) is 4.19. The number of ether oxygens (including phenoxy) is 2. The molecule has 9 nitrogen and oxygen atoms in total. The minimum Gasteiger partial charge on any atom is -0.497 e. The SMILES string of the molecule is COc1ccc(OC)c(-c2cc(C(=O)N3CCC(c4nnc(-c5ccc(F)cc5)o4)CC3)[nH]n2)c1. The van der Waals surface area contributed by atoms with E-state index in [4.69, 9.17) is 13.9 Å². The van der Waals surface area contributed by atoms with Crippen LogP contribution in [-0.2, 0) is 0 Å². The number of piperidine rings is 1. The summed E-state index contributed by atoms with van der Waals surface area (Å²) in [6.07, 6.45) is 1.39. The zero-order chi connectivity index (χ0) is 24.4.